The van der Waals surface area contributed by atoms with Crippen LogP contribution in [0.15, 0.2) is 24.3 Å². The molecule has 4 bridgehead atoms. The number of ketones is 1. The quantitative estimate of drug-likeness (QED) is 0.637. The molecule has 0 aliphatic heterocycles. The van der Waals surface area contributed by atoms with Crippen molar-refractivity contribution in [3.05, 3.63) is 29.8 Å². The molecule has 4 fully saturated rings. The summed E-state index contributed by atoms with van der Waals surface area (Å²) < 4.78 is 0. The Morgan fingerprint density at radius 3 is 2.24 bits per heavy atom. The lowest BCUT2D eigenvalue weighted by atomic mass is 9.49. The maximum absolute atomic E-state index is 13.0. The lowest BCUT2D eigenvalue weighted by molar-refractivity contribution is -0.144. The summed E-state index contributed by atoms with van der Waals surface area (Å²) in [4.78, 5) is 24.5. The Morgan fingerprint density at radius 1 is 1.08 bits per heavy atom. The Labute approximate surface area is 153 Å². The Hall–Kier alpha value is -1.75. The summed E-state index contributed by atoms with van der Waals surface area (Å²) in [6.07, 6.45) is 7.00. The molecule has 4 aliphatic rings. The van der Waals surface area contributed by atoms with Crippen molar-refractivity contribution in [1.29, 1.82) is 0 Å². The van der Waals surface area contributed by atoms with Gasteiger partial charge in [0.1, 0.15) is 0 Å². The van der Waals surface area contributed by atoms with Crippen molar-refractivity contribution in [3.63, 3.8) is 0 Å². The summed E-state index contributed by atoms with van der Waals surface area (Å²) in [7, 11) is 0. The second-order valence-electron chi connectivity index (χ2n) is 8.24. The van der Waals surface area contributed by atoms with Gasteiger partial charge in [0.25, 0.3) is 0 Å². The number of benzene rings is 1. The highest BCUT2D eigenvalue weighted by Crippen LogP contribution is 2.60. The van der Waals surface area contributed by atoms with Crippen LogP contribution in [0.25, 0.3) is 0 Å². The normalized spacial score (nSPS) is 32.3. The maximum atomic E-state index is 13.0. The number of hydrogen-bond donors (Lipinski definition) is 2. The van der Waals surface area contributed by atoms with E-state index in [1.165, 1.54) is 26.2 Å². The zero-order valence-electron chi connectivity index (χ0n) is 14.5. The molecule has 4 nitrogen and oxygen atoms in total. The SMILES string of the molecule is CC(=O)c1cccc(NC(=S)NC(=O)C23CC4CC(CC(C4)C2)C3)c1. The molecule has 0 heterocycles. The monoisotopic (exact) mass is 356 g/mol. The fourth-order valence-electron chi connectivity index (χ4n) is 5.60. The minimum atomic E-state index is -0.207. The van der Waals surface area contributed by atoms with E-state index < -0.39 is 0 Å². The van der Waals surface area contributed by atoms with Crippen LogP contribution in [0.5, 0.6) is 0 Å². The lowest BCUT2D eigenvalue weighted by Gasteiger charge is -2.55. The average Bonchev–Trinajstić information content (AvgIpc) is 2.53. The number of hydrogen-bond acceptors (Lipinski definition) is 3. The lowest BCUT2D eigenvalue weighted by Crippen LogP contribution is -2.55. The molecular formula is C20H24N2O2S. The van der Waals surface area contributed by atoms with E-state index >= 15 is 0 Å². The van der Waals surface area contributed by atoms with Gasteiger partial charge in [-0.05, 0) is 87.6 Å². The predicted octanol–water partition coefficient (Wildman–Crippen LogP) is 3.92. The van der Waals surface area contributed by atoms with E-state index in [1.54, 1.807) is 12.1 Å². The van der Waals surface area contributed by atoms with Crippen molar-refractivity contribution in [1.82, 2.24) is 5.32 Å². The minimum Gasteiger partial charge on any atom is -0.332 e. The van der Waals surface area contributed by atoms with Gasteiger partial charge >= 0.3 is 0 Å². The van der Waals surface area contributed by atoms with Gasteiger partial charge in [-0.1, -0.05) is 12.1 Å². The van der Waals surface area contributed by atoms with Gasteiger partial charge in [0.05, 0.1) is 5.41 Å². The predicted molar refractivity (Wildman–Crippen MR) is 101 cm³/mol. The number of thiocarbonyl (C=S) groups is 1. The smallest absolute Gasteiger partial charge is 0.232 e. The van der Waals surface area contributed by atoms with E-state index in [4.69, 9.17) is 12.2 Å². The van der Waals surface area contributed by atoms with Crippen LogP contribution in [0.4, 0.5) is 5.69 Å². The first-order valence-electron chi connectivity index (χ1n) is 9.17. The topological polar surface area (TPSA) is 58.2 Å². The molecule has 0 atom stereocenters. The number of amides is 1. The van der Waals surface area contributed by atoms with E-state index in [2.05, 4.69) is 10.6 Å². The standard InChI is InChI=1S/C20H24N2O2S/c1-12(23)16-3-2-4-17(8-16)21-19(25)22-18(24)20-9-13-5-14(10-20)7-15(6-13)11-20/h2-4,8,13-15H,5-7,9-11H2,1H3,(H2,21,22,24,25). The molecule has 5 heteroatoms. The largest absolute Gasteiger partial charge is 0.332 e. The van der Waals surface area contributed by atoms with Gasteiger partial charge in [-0.25, -0.2) is 0 Å². The van der Waals surface area contributed by atoms with E-state index in [0.717, 1.165) is 42.7 Å². The van der Waals surface area contributed by atoms with Crippen LogP contribution < -0.4 is 10.6 Å². The molecule has 0 aromatic heterocycles. The maximum Gasteiger partial charge on any atom is 0.232 e. The van der Waals surface area contributed by atoms with Crippen LogP contribution in [0, 0.1) is 23.2 Å². The Bertz CT molecular complexity index is 708. The highest BCUT2D eigenvalue weighted by Gasteiger charge is 2.54. The van der Waals surface area contributed by atoms with Gasteiger partial charge < -0.3 is 10.6 Å². The summed E-state index contributed by atoms with van der Waals surface area (Å²) in [5, 5.41) is 6.30. The molecule has 0 saturated heterocycles. The van der Waals surface area contributed by atoms with Crippen LogP contribution in [0.1, 0.15) is 55.8 Å². The number of Topliss-reactive ketones (excluding diaryl/α,β-unsaturated/α-hetero) is 1. The first kappa shape index (κ1) is 16.7. The molecule has 0 radical (unpaired) electrons. The van der Waals surface area contributed by atoms with Gasteiger partial charge in [0, 0.05) is 11.3 Å². The van der Waals surface area contributed by atoms with Gasteiger partial charge in [0.15, 0.2) is 10.9 Å². The number of carbonyl (C=O) groups is 2. The summed E-state index contributed by atoms with van der Waals surface area (Å²) in [5.41, 5.74) is 1.14. The second-order valence-corrected chi connectivity index (χ2v) is 8.65. The molecule has 2 N–H and O–H groups in total. The van der Waals surface area contributed by atoms with Crippen LogP contribution in [0.2, 0.25) is 0 Å². The Morgan fingerprint density at radius 2 is 1.68 bits per heavy atom. The van der Waals surface area contributed by atoms with Crippen molar-refractivity contribution < 1.29 is 9.59 Å². The van der Waals surface area contributed by atoms with Crippen LogP contribution in [0.3, 0.4) is 0 Å². The van der Waals surface area contributed by atoms with E-state index in [1.807, 2.05) is 12.1 Å². The van der Waals surface area contributed by atoms with Crippen molar-refractivity contribution in [3.8, 4) is 0 Å². The number of nitrogens with one attached hydrogen (secondary N) is 2. The molecule has 0 spiro atoms. The molecule has 1 aromatic carbocycles. The van der Waals surface area contributed by atoms with Crippen molar-refractivity contribution in [2.24, 2.45) is 23.2 Å². The third-order valence-electron chi connectivity index (χ3n) is 6.27. The molecule has 132 valence electrons. The van der Waals surface area contributed by atoms with Crippen LogP contribution >= 0.6 is 12.2 Å². The summed E-state index contributed by atoms with van der Waals surface area (Å²) in [6.45, 7) is 1.53. The Kier molecular flexibility index (Phi) is 4.14. The molecule has 5 rings (SSSR count). The summed E-state index contributed by atoms with van der Waals surface area (Å²) in [5.74, 6) is 2.28. The number of anilines is 1. The van der Waals surface area contributed by atoms with Crippen LogP contribution in [-0.4, -0.2) is 16.8 Å². The fraction of sp³-hybridized carbons (Fsp3) is 0.550. The highest BCUT2D eigenvalue weighted by molar-refractivity contribution is 7.80. The minimum absolute atomic E-state index is 0.00664. The van der Waals surface area contributed by atoms with Crippen molar-refractivity contribution >= 4 is 34.7 Å². The van der Waals surface area contributed by atoms with Crippen LogP contribution in [-0.2, 0) is 4.79 Å². The summed E-state index contributed by atoms with van der Waals surface area (Å²) >= 11 is 5.35. The van der Waals surface area contributed by atoms with E-state index in [-0.39, 0.29) is 17.1 Å². The fourth-order valence-corrected chi connectivity index (χ4v) is 5.81. The van der Waals surface area contributed by atoms with E-state index in [0.29, 0.717) is 10.7 Å². The molecule has 4 aliphatic carbocycles. The highest BCUT2D eigenvalue weighted by atomic mass is 32.1. The zero-order chi connectivity index (χ0) is 17.6. The number of rotatable bonds is 3. The third-order valence-corrected chi connectivity index (χ3v) is 6.48. The van der Waals surface area contributed by atoms with Crippen molar-refractivity contribution in [2.45, 2.75) is 45.4 Å². The van der Waals surface area contributed by atoms with Gasteiger partial charge in [-0.2, -0.15) is 0 Å². The van der Waals surface area contributed by atoms with Gasteiger partial charge in [-0.3, -0.25) is 9.59 Å². The molecule has 1 amide bonds. The van der Waals surface area contributed by atoms with Gasteiger partial charge in [-0.15, -0.1) is 0 Å². The number of carbonyl (C=O) groups excluding carboxylic acids is 2. The third kappa shape index (κ3) is 3.22. The molecule has 4 saturated carbocycles. The zero-order valence-corrected chi connectivity index (χ0v) is 15.3. The van der Waals surface area contributed by atoms with Gasteiger partial charge in [0.2, 0.25) is 5.91 Å². The second kappa shape index (κ2) is 6.20. The first-order chi connectivity index (χ1) is 11.9. The molecule has 1 aromatic rings. The molecule has 25 heavy (non-hydrogen) atoms. The first-order valence-corrected chi connectivity index (χ1v) is 9.58. The summed E-state index contributed by atoms with van der Waals surface area (Å²) in [6, 6.07) is 7.17. The molecular weight excluding hydrogens is 332 g/mol. The average molecular weight is 356 g/mol. The molecule has 0 unspecified atom stereocenters. The Balaban J connectivity index is 1.42. The van der Waals surface area contributed by atoms with Crippen molar-refractivity contribution in [2.75, 3.05) is 5.32 Å². The van der Waals surface area contributed by atoms with E-state index in [9.17, 15) is 9.59 Å².